The third-order valence-corrected chi connectivity index (χ3v) is 3.24. The normalized spacial score (nSPS) is 11.8. The summed E-state index contributed by atoms with van der Waals surface area (Å²) < 4.78 is 31.9. The van der Waals surface area contributed by atoms with Crippen LogP contribution in [0.1, 0.15) is 11.1 Å². The van der Waals surface area contributed by atoms with Gasteiger partial charge < -0.3 is 5.73 Å². The van der Waals surface area contributed by atoms with Gasteiger partial charge in [0.2, 0.25) is 5.71 Å². The highest BCUT2D eigenvalue weighted by molar-refractivity contribution is 7.86. The zero-order valence-electron chi connectivity index (χ0n) is 10.8. The van der Waals surface area contributed by atoms with Crippen LogP contribution in [0.5, 0.6) is 0 Å². The smallest absolute Gasteiger partial charge is 0.296 e. The molecule has 0 aromatic heterocycles. The van der Waals surface area contributed by atoms with Crippen molar-refractivity contribution >= 4 is 27.4 Å². The van der Waals surface area contributed by atoms with Crippen LogP contribution in [0.15, 0.2) is 22.1 Å². The van der Waals surface area contributed by atoms with Gasteiger partial charge in [0.05, 0.1) is 5.69 Å². The molecule has 8 nitrogen and oxygen atoms in total. The van der Waals surface area contributed by atoms with E-state index in [0.717, 1.165) is 0 Å². The Labute approximate surface area is 116 Å². The molecule has 0 aliphatic carbocycles. The van der Waals surface area contributed by atoms with Crippen LogP contribution in [0, 0.1) is 30.6 Å². The zero-order chi connectivity index (χ0) is 15.5. The third kappa shape index (κ3) is 3.53. The molecule has 9 heteroatoms. The van der Waals surface area contributed by atoms with Gasteiger partial charge in [-0.1, -0.05) is 6.07 Å². The first-order valence-electron chi connectivity index (χ1n) is 5.33. The van der Waals surface area contributed by atoms with Gasteiger partial charge in [0, 0.05) is 0 Å². The molecule has 0 spiro atoms. The van der Waals surface area contributed by atoms with Crippen molar-refractivity contribution in [1.82, 2.24) is 0 Å². The van der Waals surface area contributed by atoms with Crippen LogP contribution in [-0.4, -0.2) is 24.5 Å². The van der Waals surface area contributed by atoms with E-state index in [2.05, 4.69) is 10.5 Å². The Morgan fingerprint density at radius 1 is 1.50 bits per heavy atom. The first kappa shape index (κ1) is 15.6. The van der Waals surface area contributed by atoms with E-state index in [9.17, 15) is 13.0 Å². The Hall–Kier alpha value is -2.44. The highest BCUT2D eigenvalue weighted by Crippen LogP contribution is 2.26. The highest BCUT2D eigenvalue weighted by atomic mass is 32.2. The second-order valence-electron chi connectivity index (χ2n) is 4.03. The van der Waals surface area contributed by atoms with E-state index in [1.807, 2.05) is 0 Å². The van der Waals surface area contributed by atoms with Crippen molar-refractivity contribution in [3.63, 3.8) is 0 Å². The fourth-order valence-corrected chi connectivity index (χ4v) is 2.33. The van der Waals surface area contributed by atoms with Crippen LogP contribution >= 0.6 is 0 Å². The SMILES string of the molecule is Cc1cc(C)c(N/N=C(\C#N)C(=N)N)c(S(=O)(=O)O)c1. The van der Waals surface area contributed by atoms with Crippen LogP contribution < -0.4 is 11.2 Å². The largest absolute Gasteiger partial charge is 0.382 e. The number of aryl methyl sites for hydroxylation is 2. The maximum Gasteiger partial charge on any atom is 0.296 e. The monoisotopic (exact) mass is 295 g/mol. The molecule has 0 radical (unpaired) electrons. The van der Waals surface area contributed by atoms with Crippen molar-refractivity contribution in [2.75, 3.05) is 5.43 Å². The van der Waals surface area contributed by atoms with Crippen molar-refractivity contribution in [2.45, 2.75) is 18.7 Å². The zero-order valence-corrected chi connectivity index (χ0v) is 11.6. The van der Waals surface area contributed by atoms with Gasteiger partial charge in [0.15, 0.2) is 5.84 Å². The Balaban J connectivity index is 3.40. The molecule has 0 saturated carbocycles. The van der Waals surface area contributed by atoms with Gasteiger partial charge in [-0.25, -0.2) is 0 Å². The molecule has 1 aromatic rings. The Kier molecular flexibility index (Phi) is 4.44. The molecule has 0 aliphatic rings. The number of benzene rings is 1. The van der Waals surface area contributed by atoms with E-state index < -0.39 is 21.7 Å². The average Bonchev–Trinajstić information content (AvgIpc) is 2.29. The van der Waals surface area contributed by atoms with E-state index in [0.29, 0.717) is 11.1 Å². The van der Waals surface area contributed by atoms with Gasteiger partial charge in [0.1, 0.15) is 11.0 Å². The molecule has 1 aromatic carbocycles. The summed E-state index contributed by atoms with van der Waals surface area (Å²) in [6.45, 7) is 3.28. The fraction of sp³-hybridized carbons (Fsp3) is 0.182. The second kappa shape index (κ2) is 5.68. The molecule has 0 atom stereocenters. The van der Waals surface area contributed by atoms with Gasteiger partial charge in [0.25, 0.3) is 10.1 Å². The predicted molar refractivity (Wildman–Crippen MR) is 74.3 cm³/mol. The molecule has 5 N–H and O–H groups in total. The number of nitrogens with one attached hydrogen (secondary N) is 2. The Morgan fingerprint density at radius 3 is 2.55 bits per heavy atom. The lowest BCUT2D eigenvalue weighted by atomic mass is 10.1. The van der Waals surface area contributed by atoms with Crippen molar-refractivity contribution in [3.05, 3.63) is 23.3 Å². The Morgan fingerprint density at radius 2 is 2.10 bits per heavy atom. The molecular formula is C11H13N5O3S. The van der Waals surface area contributed by atoms with Gasteiger partial charge in [-0.3, -0.25) is 15.4 Å². The van der Waals surface area contributed by atoms with Gasteiger partial charge in [-0.15, -0.1) is 0 Å². The average molecular weight is 295 g/mol. The molecule has 0 heterocycles. The molecular weight excluding hydrogens is 282 g/mol. The van der Waals surface area contributed by atoms with Crippen LogP contribution in [0.2, 0.25) is 0 Å². The lowest BCUT2D eigenvalue weighted by Gasteiger charge is -2.11. The molecule has 1 rings (SSSR count). The van der Waals surface area contributed by atoms with E-state index in [1.165, 1.54) is 6.07 Å². The standard InChI is InChI=1S/C11H13N5O3S/c1-6-3-7(2)10(9(4-6)20(17,18)19)16-15-8(5-12)11(13)14/h3-4,16H,1-2H3,(H3,13,14)(H,17,18,19)/b15-8+. The molecule has 20 heavy (non-hydrogen) atoms. The third-order valence-electron chi connectivity index (χ3n) is 2.36. The summed E-state index contributed by atoms with van der Waals surface area (Å²) in [5.41, 5.74) is 8.23. The number of nitrogens with two attached hydrogens (primary N) is 1. The van der Waals surface area contributed by atoms with E-state index in [1.54, 1.807) is 26.0 Å². The topological polar surface area (TPSA) is 152 Å². The summed E-state index contributed by atoms with van der Waals surface area (Å²) in [5.74, 6) is -0.557. The number of nitrogens with zero attached hydrogens (tertiary/aromatic N) is 2. The summed E-state index contributed by atoms with van der Waals surface area (Å²) in [5, 5.41) is 19.4. The van der Waals surface area contributed by atoms with Gasteiger partial charge >= 0.3 is 0 Å². The van der Waals surface area contributed by atoms with Gasteiger partial charge in [-0.2, -0.15) is 18.8 Å². The number of hydrazone groups is 1. The molecule has 0 unspecified atom stereocenters. The number of rotatable bonds is 4. The van der Waals surface area contributed by atoms with E-state index >= 15 is 0 Å². The molecule has 0 aliphatic heterocycles. The van der Waals surface area contributed by atoms with E-state index in [4.69, 9.17) is 16.4 Å². The number of amidine groups is 1. The number of hydrogen-bond donors (Lipinski definition) is 4. The van der Waals surface area contributed by atoms with E-state index in [-0.39, 0.29) is 10.6 Å². The first-order valence-corrected chi connectivity index (χ1v) is 6.77. The summed E-state index contributed by atoms with van der Waals surface area (Å²) >= 11 is 0. The summed E-state index contributed by atoms with van der Waals surface area (Å²) in [4.78, 5) is -0.361. The molecule has 0 amide bonds. The van der Waals surface area contributed by atoms with Crippen LogP contribution in [0.4, 0.5) is 5.69 Å². The maximum absolute atomic E-state index is 11.3. The lowest BCUT2D eigenvalue weighted by Crippen LogP contribution is -2.22. The predicted octanol–water partition coefficient (Wildman–Crippen LogP) is 0.778. The molecule has 106 valence electrons. The van der Waals surface area contributed by atoms with Crippen LogP contribution in [0.25, 0.3) is 0 Å². The maximum atomic E-state index is 11.3. The minimum Gasteiger partial charge on any atom is -0.382 e. The molecule has 0 bridgehead atoms. The first-order chi connectivity index (χ1) is 9.16. The number of anilines is 1. The van der Waals surface area contributed by atoms with Crippen molar-refractivity contribution in [2.24, 2.45) is 10.8 Å². The van der Waals surface area contributed by atoms with Crippen molar-refractivity contribution in [1.29, 1.82) is 10.7 Å². The van der Waals surface area contributed by atoms with Crippen molar-refractivity contribution in [3.8, 4) is 6.07 Å². The minimum absolute atomic E-state index is 0.0205. The summed E-state index contributed by atoms with van der Waals surface area (Å²) in [6.07, 6.45) is 0. The minimum atomic E-state index is -4.45. The van der Waals surface area contributed by atoms with Gasteiger partial charge in [-0.05, 0) is 31.0 Å². The number of nitriles is 1. The molecule has 0 fully saturated rings. The summed E-state index contributed by atoms with van der Waals surface area (Å²) in [7, 11) is -4.45. The number of hydrogen-bond acceptors (Lipinski definition) is 6. The second-order valence-corrected chi connectivity index (χ2v) is 5.42. The quantitative estimate of drug-likeness (QED) is 0.278. The highest BCUT2D eigenvalue weighted by Gasteiger charge is 2.18. The fourth-order valence-electron chi connectivity index (χ4n) is 1.53. The lowest BCUT2D eigenvalue weighted by molar-refractivity contribution is 0.483. The van der Waals surface area contributed by atoms with Crippen LogP contribution in [0.3, 0.4) is 0 Å². The van der Waals surface area contributed by atoms with Crippen LogP contribution in [-0.2, 0) is 10.1 Å². The van der Waals surface area contributed by atoms with Crippen molar-refractivity contribution < 1.29 is 13.0 Å². The Bertz CT molecular complexity index is 731. The summed E-state index contributed by atoms with van der Waals surface area (Å²) in [6, 6.07) is 4.52. The molecule has 0 saturated heterocycles.